The van der Waals surface area contributed by atoms with Crippen molar-refractivity contribution in [2.24, 2.45) is 0 Å². The number of aryl methyl sites for hydroxylation is 1. The molecule has 0 spiro atoms. The van der Waals surface area contributed by atoms with Crippen LogP contribution in [0.4, 0.5) is 0 Å². The molecule has 0 amide bonds. The van der Waals surface area contributed by atoms with Gasteiger partial charge in [-0.1, -0.05) is 18.2 Å². The minimum Gasteiger partial charge on any atom is -0.384 e. The van der Waals surface area contributed by atoms with E-state index in [1.165, 1.54) is 11.1 Å². The van der Waals surface area contributed by atoms with Gasteiger partial charge in [0.2, 0.25) is 0 Å². The van der Waals surface area contributed by atoms with Crippen LogP contribution < -0.4 is 10.6 Å². The van der Waals surface area contributed by atoms with E-state index in [0.29, 0.717) is 0 Å². The van der Waals surface area contributed by atoms with E-state index in [9.17, 15) is 5.11 Å². The Morgan fingerprint density at radius 2 is 2.12 bits per heavy atom. The van der Waals surface area contributed by atoms with Gasteiger partial charge in [0.05, 0.1) is 6.04 Å². The highest BCUT2D eigenvalue weighted by atomic mass is 16.3. The smallest absolute Gasteiger partial charge is 0.104 e. The molecular weight excluding hydrogens is 200 g/mol. The summed E-state index contributed by atoms with van der Waals surface area (Å²) < 4.78 is 0. The molecule has 1 aromatic carbocycles. The van der Waals surface area contributed by atoms with E-state index < -0.39 is 5.60 Å². The van der Waals surface area contributed by atoms with Crippen LogP contribution in [0.3, 0.4) is 0 Å². The molecule has 0 radical (unpaired) electrons. The average molecular weight is 220 g/mol. The maximum Gasteiger partial charge on any atom is 0.104 e. The van der Waals surface area contributed by atoms with Crippen LogP contribution in [-0.2, 0) is 5.60 Å². The quantitative estimate of drug-likeness (QED) is 0.697. The van der Waals surface area contributed by atoms with Crippen molar-refractivity contribution in [1.82, 2.24) is 10.6 Å². The first-order chi connectivity index (χ1) is 7.53. The first kappa shape index (κ1) is 11.6. The van der Waals surface area contributed by atoms with Gasteiger partial charge in [0, 0.05) is 13.2 Å². The van der Waals surface area contributed by atoms with Crippen LogP contribution in [0.1, 0.15) is 23.6 Å². The molecular formula is C13H20N2O. The van der Waals surface area contributed by atoms with E-state index in [-0.39, 0.29) is 6.04 Å². The second-order valence-corrected chi connectivity index (χ2v) is 4.78. The van der Waals surface area contributed by atoms with Crippen molar-refractivity contribution in [1.29, 1.82) is 0 Å². The topological polar surface area (TPSA) is 44.3 Å². The van der Waals surface area contributed by atoms with Gasteiger partial charge in [-0.25, -0.2) is 0 Å². The molecule has 0 aromatic heterocycles. The first-order valence-electron chi connectivity index (χ1n) is 5.76. The van der Waals surface area contributed by atoms with E-state index in [2.05, 4.69) is 30.5 Å². The van der Waals surface area contributed by atoms with Gasteiger partial charge in [0.1, 0.15) is 5.60 Å². The summed E-state index contributed by atoms with van der Waals surface area (Å²) in [4.78, 5) is 0. The number of benzene rings is 1. The molecule has 3 nitrogen and oxygen atoms in total. The lowest BCUT2D eigenvalue weighted by atomic mass is 9.84. The van der Waals surface area contributed by atoms with E-state index in [1.54, 1.807) is 0 Å². The normalized spacial score (nSPS) is 24.4. The first-order valence-corrected chi connectivity index (χ1v) is 5.76. The van der Waals surface area contributed by atoms with Crippen molar-refractivity contribution in [3.8, 4) is 0 Å². The molecule has 1 aromatic rings. The van der Waals surface area contributed by atoms with E-state index in [0.717, 1.165) is 18.8 Å². The van der Waals surface area contributed by atoms with E-state index in [4.69, 9.17) is 0 Å². The SMILES string of the molecule is Cc1cccc(C(C)(O)C2CNCN2)c1C. The van der Waals surface area contributed by atoms with E-state index >= 15 is 0 Å². The zero-order valence-corrected chi connectivity index (χ0v) is 10.2. The molecule has 1 heterocycles. The highest BCUT2D eigenvalue weighted by Gasteiger charge is 2.36. The number of nitrogens with one attached hydrogen (secondary N) is 2. The Kier molecular flexibility index (Phi) is 3.02. The Morgan fingerprint density at radius 3 is 2.75 bits per heavy atom. The van der Waals surface area contributed by atoms with Crippen molar-refractivity contribution < 1.29 is 5.11 Å². The second kappa shape index (κ2) is 4.17. The van der Waals surface area contributed by atoms with Gasteiger partial charge < -0.3 is 10.4 Å². The molecule has 1 saturated heterocycles. The number of hydrogen-bond acceptors (Lipinski definition) is 3. The molecule has 2 unspecified atom stereocenters. The zero-order chi connectivity index (χ0) is 11.8. The number of rotatable bonds is 2. The summed E-state index contributed by atoms with van der Waals surface area (Å²) >= 11 is 0. The predicted molar refractivity (Wildman–Crippen MR) is 65.3 cm³/mol. The Hall–Kier alpha value is -0.900. The number of aliphatic hydroxyl groups is 1. The lowest BCUT2D eigenvalue weighted by molar-refractivity contribution is 0.0253. The summed E-state index contributed by atoms with van der Waals surface area (Å²) in [5.41, 5.74) is 2.61. The van der Waals surface area contributed by atoms with E-state index in [1.807, 2.05) is 19.1 Å². The van der Waals surface area contributed by atoms with Crippen molar-refractivity contribution in [2.75, 3.05) is 13.2 Å². The molecule has 1 aliphatic heterocycles. The van der Waals surface area contributed by atoms with Gasteiger partial charge in [0.15, 0.2) is 0 Å². The fraction of sp³-hybridized carbons (Fsp3) is 0.538. The Labute approximate surface area is 96.9 Å². The lowest BCUT2D eigenvalue weighted by Crippen LogP contribution is -2.45. The van der Waals surface area contributed by atoms with Crippen molar-refractivity contribution >= 4 is 0 Å². The number of hydrogen-bond donors (Lipinski definition) is 3. The maximum atomic E-state index is 10.7. The summed E-state index contributed by atoms with van der Waals surface area (Å²) in [6, 6.07) is 6.18. The molecule has 88 valence electrons. The van der Waals surface area contributed by atoms with Crippen LogP contribution in [0.5, 0.6) is 0 Å². The van der Waals surface area contributed by atoms with Gasteiger partial charge in [-0.2, -0.15) is 0 Å². The van der Waals surface area contributed by atoms with Crippen LogP contribution in [0.15, 0.2) is 18.2 Å². The molecule has 2 atom stereocenters. The molecule has 3 heteroatoms. The zero-order valence-electron chi connectivity index (χ0n) is 10.2. The van der Waals surface area contributed by atoms with Gasteiger partial charge in [0.25, 0.3) is 0 Å². The van der Waals surface area contributed by atoms with Crippen LogP contribution >= 0.6 is 0 Å². The van der Waals surface area contributed by atoms with Crippen LogP contribution in [0.2, 0.25) is 0 Å². The maximum absolute atomic E-state index is 10.7. The third-order valence-electron chi connectivity index (χ3n) is 3.65. The summed E-state index contributed by atoms with van der Waals surface area (Å²) in [6.07, 6.45) is 0. The predicted octanol–water partition coefficient (Wildman–Crippen LogP) is 1.03. The molecule has 0 saturated carbocycles. The Bertz CT molecular complexity index is 382. The van der Waals surface area contributed by atoms with Gasteiger partial charge in [-0.15, -0.1) is 0 Å². The summed E-state index contributed by atoms with van der Waals surface area (Å²) in [5.74, 6) is 0. The Balaban J connectivity index is 2.38. The Morgan fingerprint density at radius 1 is 1.38 bits per heavy atom. The molecule has 1 aliphatic rings. The van der Waals surface area contributed by atoms with Crippen molar-refractivity contribution in [3.05, 3.63) is 34.9 Å². The highest BCUT2D eigenvalue weighted by molar-refractivity contribution is 5.38. The minimum absolute atomic E-state index is 0.0769. The molecule has 1 fully saturated rings. The fourth-order valence-electron chi connectivity index (χ4n) is 2.37. The summed E-state index contributed by atoms with van der Waals surface area (Å²) in [5, 5.41) is 17.2. The molecule has 0 bridgehead atoms. The largest absolute Gasteiger partial charge is 0.384 e. The minimum atomic E-state index is -0.820. The highest BCUT2D eigenvalue weighted by Crippen LogP contribution is 2.29. The van der Waals surface area contributed by atoms with Gasteiger partial charge in [-0.05, 0) is 37.5 Å². The standard InChI is InChI=1S/C13H20N2O/c1-9-5-4-6-11(10(9)2)13(3,16)12-7-14-8-15-12/h4-6,12,14-16H,7-8H2,1-3H3. The second-order valence-electron chi connectivity index (χ2n) is 4.78. The molecule has 3 N–H and O–H groups in total. The van der Waals surface area contributed by atoms with Gasteiger partial charge >= 0.3 is 0 Å². The molecule has 16 heavy (non-hydrogen) atoms. The summed E-state index contributed by atoms with van der Waals surface area (Å²) in [7, 11) is 0. The fourth-order valence-corrected chi connectivity index (χ4v) is 2.37. The third kappa shape index (κ3) is 1.86. The molecule has 2 rings (SSSR count). The molecule has 0 aliphatic carbocycles. The van der Waals surface area contributed by atoms with Crippen LogP contribution in [0, 0.1) is 13.8 Å². The van der Waals surface area contributed by atoms with Gasteiger partial charge in [-0.3, -0.25) is 5.32 Å². The lowest BCUT2D eigenvalue weighted by Gasteiger charge is -2.32. The monoisotopic (exact) mass is 220 g/mol. The average Bonchev–Trinajstić information content (AvgIpc) is 2.75. The third-order valence-corrected chi connectivity index (χ3v) is 3.65. The van der Waals surface area contributed by atoms with Crippen LogP contribution in [-0.4, -0.2) is 24.4 Å². The van der Waals surface area contributed by atoms with Crippen molar-refractivity contribution in [2.45, 2.75) is 32.4 Å². The van der Waals surface area contributed by atoms with Crippen LogP contribution in [0.25, 0.3) is 0 Å². The van der Waals surface area contributed by atoms with Crippen molar-refractivity contribution in [3.63, 3.8) is 0 Å². The summed E-state index contributed by atoms with van der Waals surface area (Å²) in [6.45, 7) is 7.61.